The number of fused-ring (bicyclic) bond motifs is 1. The van der Waals surface area contributed by atoms with E-state index < -0.39 is 11.6 Å². The van der Waals surface area contributed by atoms with Crippen molar-refractivity contribution in [1.82, 2.24) is 4.98 Å². The van der Waals surface area contributed by atoms with E-state index in [9.17, 15) is 8.78 Å². The highest BCUT2D eigenvalue weighted by atomic mass is 79.9. The van der Waals surface area contributed by atoms with Crippen LogP contribution in [-0.2, 0) is 6.54 Å². The fraction of sp³-hybridized carbons (Fsp3) is 0.0667. The summed E-state index contributed by atoms with van der Waals surface area (Å²) in [7, 11) is 0. The third-order valence-electron chi connectivity index (χ3n) is 3.11. The topological polar surface area (TPSA) is 27.8 Å². The Balaban J connectivity index is 1.80. The van der Waals surface area contributed by atoms with Crippen molar-refractivity contribution in [2.45, 2.75) is 6.54 Å². The third kappa shape index (κ3) is 2.54. The number of H-pyrrole nitrogens is 1. The van der Waals surface area contributed by atoms with Crippen LogP contribution in [0.2, 0.25) is 0 Å². The van der Waals surface area contributed by atoms with Gasteiger partial charge in [-0.25, -0.2) is 8.78 Å². The van der Waals surface area contributed by atoms with E-state index in [1.165, 1.54) is 6.07 Å². The number of aromatic nitrogens is 1. The fourth-order valence-corrected chi connectivity index (χ4v) is 2.40. The van der Waals surface area contributed by atoms with Crippen LogP contribution in [0.1, 0.15) is 5.56 Å². The van der Waals surface area contributed by atoms with Gasteiger partial charge in [-0.1, -0.05) is 12.1 Å². The summed E-state index contributed by atoms with van der Waals surface area (Å²) >= 11 is 3.05. The zero-order valence-electron chi connectivity index (χ0n) is 10.4. The highest BCUT2D eigenvalue weighted by Gasteiger charge is 2.08. The fourth-order valence-electron chi connectivity index (χ4n) is 2.06. The summed E-state index contributed by atoms with van der Waals surface area (Å²) in [5.41, 5.74) is 2.31. The SMILES string of the molecule is Fc1cc(F)c(NCc2ccc3cc[nH]c3c2)cc1Br. The molecule has 5 heteroatoms. The van der Waals surface area contributed by atoms with Crippen LogP contribution >= 0.6 is 15.9 Å². The van der Waals surface area contributed by atoms with Crippen molar-refractivity contribution in [2.75, 3.05) is 5.32 Å². The summed E-state index contributed by atoms with van der Waals surface area (Å²) < 4.78 is 27.0. The number of halogens is 3. The van der Waals surface area contributed by atoms with E-state index in [0.29, 0.717) is 6.54 Å². The van der Waals surface area contributed by atoms with Crippen molar-refractivity contribution in [3.05, 3.63) is 64.3 Å². The van der Waals surface area contributed by atoms with Crippen LogP contribution < -0.4 is 5.32 Å². The van der Waals surface area contributed by atoms with Gasteiger partial charge in [0.1, 0.15) is 11.6 Å². The molecule has 0 aliphatic rings. The lowest BCUT2D eigenvalue weighted by Crippen LogP contribution is -2.02. The minimum atomic E-state index is -0.610. The Kier molecular flexibility index (Phi) is 3.44. The summed E-state index contributed by atoms with van der Waals surface area (Å²) in [4.78, 5) is 3.13. The Morgan fingerprint density at radius 1 is 1.05 bits per heavy atom. The number of benzene rings is 2. The molecule has 1 aromatic heterocycles. The lowest BCUT2D eigenvalue weighted by molar-refractivity contribution is 0.580. The normalized spacial score (nSPS) is 10.9. The Morgan fingerprint density at radius 2 is 1.90 bits per heavy atom. The molecule has 0 saturated carbocycles. The number of aromatic amines is 1. The van der Waals surface area contributed by atoms with Gasteiger partial charge < -0.3 is 10.3 Å². The molecule has 0 radical (unpaired) electrons. The second-order valence-electron chi connectivity index (χ2n) is 4.50. The molecule has 0 spiro atoms. The molecular weight excluding hydrogens is 326 g/mol. The number of rotatable bonds is 3. The zero-order valence-corrected chi connectivity index (χ0v) is 12.0. The average molecular weight is 337 g/mol. The monoisotopic (exact) mass is 336 g/mol. The van der Waals surface area contributed by atoms with Crippen molar-refractivity contribution in [2.24, 2.45) is 0 Å². The number of hydrogen-bond donors (Lipinski definition) is 2. The van der Waals surface area contributed by atoms with Crippen LogP contribution in [0.4, 0.5) is 14.5 Å². The van der Waals surface area contributed by atoms with E-state index >= 15 is 0 Å². The minimum absolute atomic E-state index is 0.237. The average Bonchev–Trinajstić information content (AvgIpc) is 2.89. The lowest BCUT2D eigenvalue weighted by atomic mass is 10.1. The molecule has 0 amide bonds. The maximum Gasteiger partial charge on any atom is 0.149 e. The summed E-state index contributed by atoms with van der Waals surface area (Å²) in [6.45, 7) is 0.462. The van der Waals surface area contributed by atoms with Gasteiger partial charge in [-0.15, -0.1) is 0 Å². The molecule has 0 aliphatic carbocycles. The zero-order chi connectivity index (χ0) is 14.1. The molecule has 0 saturated heterocycles. The van der Waals surface area contributed by atoms with Gasteiger partial charge in [0.15, 0.2) is 0 Å². The van der Waals surface area contributed by atoms with Crippen LogP contribution in [0.15, 0.2) is 47.1 Å². The first-order valence-corrected chi connectivity index (χ1v) is 6.87. The van der Waals surface area contributed by atoms with Gasteiger partial charge in [0.05, 0.1) is 10.2 Å². The van der Waals surface area contributed by atoms with Crippen LogP contribution in [-0.4, -0.2) is 4.98 Å². The van der Waals surface area contributed by atoms with E-state index in [0.717, 1.165) is 22.5 Å². The molecule has 2 N–H and O–H groups in total. The largest absolute Gasteiger partial charge is 0.379 e. The second kappa shape index (κ2) is 5.25. The van der Waals surface area contributed by atoms with Gasteiger partial charge in [-0.05, 0) is 45.1 Å². The summed E-state index contributed by atoms with van der Waals surface area (Å²) in [6, 6.07) is 10.2. The molecule has 102 valence electrons. The minimum Gasteiger partial charge on any atom is -0.379 e. The number of nitrogens with one attached hydrogen (secondary N) is 2. The smallest absolute Gasteiger partial charge is 0.149 e. The molecule has 0 fully saturated rings. The second-order valence-corrected chi connectivity index (χ2v) is 5.35. The highest BCUT2D eigenvalue weighted by molar-refractivity contribution is 9.10. The first kappa shape index (κ1) is 13.1. The third-order valence-corrected chi connectivity index (χ3v) is 3.72. The number of anilines is 1. The van der Waals surface area contributed by atoms with Crippen LogP contribution in [0.3, 0.4) is 0 Å². The Morgan fingerprint density at radius 3 is 2.75 bits per heavy atom. The molecule has 0 aliphatic heterocycles. The Bertz CT molecular complexity index is 768. The van der Waals surface area contributed by atoms with Gasteiger partial charge in [-0.3, -0.25) is 0 Å². The molecule has 3 aromatic rings. The standard InChI is InChI=1S/C15H11BrF2N2/c16-11-6-15(13(18)7-12(11)17)20-8-9-1-2-10-3-4-19-14(10)5-9/h1-7,19-20H,8H2. The molecule has 0 atom stereocenters. The van der Waals surface area contributed by atoms with E-state index in [4.69, 9.17) is 0 Å². The number of hydrogen-bond acceptors (Lipinski definition) is 1. The molecule has 20 heavy (non-hydrogen) atoms. The van der Waals surface area contributed by atoms with Crippen LogP contribution in [0.25, 0.3) is 10.9 Å². The van der Waals surface area contributed by atoms with Gasteiger partial charge in [0.25, 0.3) is 0 Å². The maximum atomic E-state index is 13.6. The molecule has 2 nitrogen and oxygen atoms in total. The van der Waals surface area contributed by atoms with E-state index in [-0.39, 0.29) is 10.2 Å². The van der Waals surface area contributed by atoms with Crippen LogP contribution in [0, 0.1) is 11.6 Å². The summed E-state index contributed by atoms with van der Waals surface area (Å²) in [5, 5.41) is 4.10. The molecule has 0 bridgehead atoms. The van der Waals surface area contributed by atoms with E-state index in [1.54, 1.807) is 0 Å². The van der Waals surface area contributed by atoms with Crippen molar-refractivity contribution in [1.29, 1.82) is 0 Å². The van der Waals surface area contributed by atoms with Crippen molar-refractivity contribution in [3.8, 4) is 0 Å². The maximum absolute atomic E-state index is 13.6. The summed E-state index contributed by atoms with van der Waals surface area (Å²) in [5.74, 6) is -1.22. The first-order valence-electron chi connectivity index (χ1n) is 6.08. The van der Waals surface area contributed by atoms with Crippen LogP contribution in [0.5, 0.6) is 0 Å². The van der Waals surface area contributed by atoms with Gasteiger partial charge in [-0.2, -0.15) is 0 Å². The molecule has 3 rings (SSSR count). The first-order chi connectivity index (χ1) is 9.63. The van der Waals surface area contributed by atoms with Crippen molar-refractivity contribution >= 4 is 32.5 Å². The molecule has 2 aromatic carbocycles. The predicted octanol–water partition coefficient (Wildman–Crippen LogP) is 4.82. The van der Waals surface area contributed by atoms with E-state index in [2.05, 4.69) is 26.2 Å². The Labute approximate surface area is 122 Å². The van der Waals surface area contributed by atoms with Gasteiger partial charge in [0.2, 0.25) is 0 Å². The van der Waals surface area contributed by atoms with Gasteiger partial charge >= 0.3 is 0 Å². The highest BCUT2D eigenvalue weighted by Crippen LogP contribution is 2.24. The van der Waals surface area contributed by atoms with Gasteiger partial charge in [0, 0.05) is 24.3 Å². The molecular formula is C15H11BrF2N2. The quantitative estimate of drug-likeness (QED) is 0.659. The molecule has 1 heterocycles. The molecule has 0 unspecified atom stereocenters. The van der Waals surface area contributed by atoms with Crippen molar-refractivity contribution in [3.63, 3.8) is 0 Å². The predicted molar refractivity (Wildman–Crippen MR) is 79.7 cm³/mol. The summed E-state index contributed by atoms with van der Waals surface area (Å²) in [6.07, 6.45) is 1.87. The lowest BCUT2D eigenvalue weighted by Gasteiger charge is -2.09. The van der Waals surface area contributed by atoms with Crippen molar-refractivity contribution < 1.29 is 8.78 Å². The van der Waals surface area contributed by atoms with E-state index in [1.807, 2.05) is 30.5 Å². The Hall–Kier alpha value is -1.88.